The minimum atomic E-state index is -4.46. The lowest BCUT2D eigenvalue weighted by Crippen LogP contribution is -2.45. The number of aromatic nitrogens is 2. The maximum atomic E-state index is 13.8. The van der Waals surface area contributed by atoms with Gasteiger partial charge >= 0.3 is 6.18 Å². The normalized spacial score (nSPS) is 27.3. The molecule has 1 fully saturated rings. The number of piperidine rings is 1. The molecular weight excluding hydrogens is 381 g/mol. The summed E-state index contributed by atoms with van der Waals surface area (Å²) < 4.78 is 42.3. The van der Waals surface area contributed by atoms with Crippen LogP contribution in [-0.2, 0) is 0 Å². The van der Waals surface area contributed by atoms with Crippen LogP contribution in [0.4, 0.5) is 19.0 Å². The van der Waals surface area contributed by atoms with Gasteiger partial charge in [-0.1, -0.05) is 37.3 Å². The second-order valence-corrected chi connectivity index (χ2v) is 8.25. The van der Waals surface area contributed by atoms with Crippen LogP contribution >= 0.6 is 0 Å². The average molecular weight is 406 g/mol. The second kappa shape index (κ2) is 7.39. The Morgan fingerprint density at radius 3 is 2.59 bits per heavy atom. The van der Waals surface area contributed by atoms with E-state index >= 15 is 0 Å². The van der Waals surface area contributed by atoms with Crippen LogP contribution in [0.5, 0.6) is 0 Å². The van der Waals surface area contributed by atoms with Crippen molar-refractivity contribution in [3.05, 3.63) is 47.7 Å². The summed E-state index contributed by atoms with van der Waals surface area (Å²) in [6.07, 6.45) is -2.70. The van der Waals surface area contributed by atoms with E-state index in [0.29, 0.717) is 12.5 Å². The molecule has 29 heavy (non-hydrogen) atoms. The molecule has 0 bridgehead atoms. The van der Waals surface area contributed by atoms with Crippen molar-refractivity contribution in [2.45, 2.75) is 57.4 Å². The Labute approximate surface area is 167 Å². The van der Waals surface area contributed by atoms with Crippen LogP contribution in [0.1, 0.15) is 61.2 Å². The van der Waals surface area contributed by atoms with E-state index in [1.165, 1.54) is 6.07 Å². The highest BCUT2D eigenvalue weighted by Crippen LogP contribution is 2.43. The van der Waals surface area contributed by atoms with Crippen LogP contribution in [0.15, 0.2) is 36.4 Å². The fourth-order valence-electron chi connectivity index (χ4n) is 4.30. The molecule has 1 aromatic carbocycles. The van der Waals surface area contributed by atoms with Gasteiger partial charge < -0.3 is 10.2 Å². The SMILES string of the molecule is C[C@@H]1CC[C@H](C)N(C(=O)c2cc3n(n2)[C@@H](C(F)(F)F)C[C@H](c2ccccc2)N3)C1. The first-order valence-corrected chi connectivity index (χ1v) is 10.0. The number of nitrogens with zero attached hydrogens (tertiary/aromatic N) is 3. The number of carbonyl (C=O) groups is 1. The lowest BCUT2D eigenvalue weighted by molar-refractivity contribution is -0.173. The zero-order valence-corrected chi connectivity index (χ0v) is 16.5. The van der Waals surface area contributed by atoms with Crippen LogP contribution in [0, 0.1) is 5.92 Å². The number of likely N-dealkylation sites (tertiary alicyclic amines) is 1. The Bertz CT molecular complexity index is 880. The maximum Gasteiger partial charge on any atom is 0.410 e. The van der Waals surface area contributed by atoms with Crippen molar-refractivity contribution < 1.29 is 18.0 Å². The number of nitrogens with one attached hydrogen (secondary N) is 1. The number of hydrogen-bond acceptors (Lipinski definition) is 3. The molecule has 3 heterocycles. The number of alkyl halides is 3. The number of carbonyl (C=O) groups excluding carboxylic acids is 1. The van der Waals surface area contributed by atoms with Gasteiger partial charge in [0, 0.05) is 25.1 Å². The van der Waals surface area contributed by atoms with Crippen LogP contribution in [0.2, 0.25) is 0 Å². The van der Waals surface area contributed by atoms with Gasteiger partial charge in [0.2, 0.25) is 0 Å². The van der Waals surface area contributed by atoms with E-state index in [2.05, 4.69) is 17.3 Å². The number of halogens is 3. The minimum absolute atomic E-state index is 0.0564. The molecule has 0 radical (unpaired) electrons. The predicted octanol–water partition coefficient (Wildman–Crippen LogP) is 4.80. The van der Waals surface area contributed by atoms with E-state index in [0.717, 1.165) is 23.1 Å². The molecule has 1 amide bonds. The fraction of sp³-hybridized carbons (Fsp3) is 0.524. The highest BCUT2D eigenvalue weighted by Gasteiger charge is 2.47. The number of fused-ring (bicyclic) bond motifs is 1. The molecule has 4 rings (SSSR count). The number of benzene rings is 1. The maximum absolute atomic E-state index is 13.8. The number of amides is 1. The zero-order valence-electron chi connectivity index (χ0n) is 16.5. The smallest absolute Gasteiger partial charge is 0.363 e. The van der Waals surface area contributed by atoms with Crippen molar-refractivity contribution in [1.29, 1.82) is 0 Å². The largest absolute Gasteiger partial charge is 0.410 e. The lowest BCUT2D eigenvalue weighted by Gasteiger charge is -2.36. The van der Waals surface area contributed by atoms with Gasteiger partial charge in [-0.2, -0.15) is 18.3 Å². The summed E-state index contributed by atoms with van der Waals surface area (Å²) in [7, 11) is 0. The summed E-state index contributed by atoms with van der Waals surface area (Å²) in [5, 5.41) is 7.25. The first-order chi connectivity index (χ1) is 13.7. The van der Waals surface area contributed by atoms with Crippen LogP contribution < -0.4 is 5.32 Å². The third kappa shape index (κ3) is 3.84. The summed E-state index contributed by atoms with van der Waals surface area (Å²) in [5.41, 5.74) is 0.844. The molecule has 8 heteroatoms. The molecule has 2 aliphatic heterocycles. The Balaban J connectivity index is 1.66. The van der Waals surface area contributed by atoms with Gasteiger partial charge in [0.1, 0.15) is 5.82 Å². The monoisotopic (exact) mass is 406 g/mol. The van der Waals surface area contributed by atoms with Crippen molar-refractivity contribution in [2.24, 2.45) is 5.92 Å². The number of anilines is 1. The van der Waals surface area contributed by atoms with Crippen LogP contribution in [0.25, 0.3) is 0 Å². The minimum Gasteiger partial charge on any atom is -0.363 e. The van der Waals surface area contributed by atoms with E-state index in [-0.39, 0.29) is 29.9 Å². The van der Waals surface area contributed by atoms with Gasteiger partial charge in [-0.15, -0.1) is 0 Å². The standard InChI is InChI=1S/C21H25F3N4O/c1-13-8-9-14(2)27(12-13)20(29)17-11-19-25-16(15-6-4-3-5-7-15)10-18(21(22,23)24)28(19)26-17/h3-7,11,13-14,16,18,25H,8-10,12H2,1-2H3/t13-,14+,16-,18-/m1/s1. The Morgan fingerprint density at radius 1 is 1.17 bits per heavy atom. The molecule has 0 aliphatic carbocycles. The Hall–Kier alpha value is -2.51. The molecular formula is C21H25F3N4O. The van der Waals surface area contributed by atoms with Gasteiger partial charge in [0.05, 0.1) is 6.04 Å². The van der Waals surface area contributed by atoms with Crippen molar-refractivity contribution in [2.75, 3.05) is 11.9 Å². The molecule has 0 saturated carbocycles. The molecule has 1 saturated heterocycles. The molecule has 2 aromatic rings. The molecule has 0 spiro atoms. The molecule has 2 aliphatic rings. The highest BCUT2D eigenvalue weighted by atomic mass is 19.4. The summed E-state index contributed by atoms with van der Waals surface area (Å²) >= 11 is 0. The molecule has 4 atom stereocenters. The van der Waals surface area contributed by atoms with Gasteiger partial charge in [-0.05, 0) is 31.2 Å². The summed E-state index contributed by atoms with van der Waals surface area (Å²) in [6, 6.07) is 8.30. The molecule has 1 aromatic heterocycles. The predicted molar refractivity (Wildman–Crippen MR) is 104 cm³/mol. The number of rotatable bonds is 2. The van der Waals surface area contributed by atoms with Gasteiger partial charge in [0.15, 0.2) is 11.7 Å². The summed E-state index contributed by atoms with van der Waals surface area (Å²) in [4.78, 5) is 14.8. The molecule has 5 nitrogen and oxygen atoms in total. The lowest BCUT2D eigenvalue weighted by atomic mass is 9.95. The Morgan fingerprint density at radius 2 is 1.90 bits per heavy atom. The van der Waals surface area contributed by atoms with E-state index < -0.39 is 18.3 Å². The van der Waals surface area contributed by atoms with Crippen LogP contribution in [-0.4, -0.2) is 39.4 Å². The van der Waals surface area contributed by atoms with E-state index in [1.807, 2.05) is 13.0 Å². The molecule has 0 unspecified atom stereocenters. The fourth-order valence-corrected chi connectivity index (χ4v) is 4.30. The van der Waals surface area contributed by atoms with Crippen molar-refractivity contribution in [3.8, 4) is 0 Å². The third-order valence-electron chi connectivity index (χ3n) is 5.99. The van der Waals surface area contributed by atoms with Crippen LogP contribution in [0.3, 0.4) is 0 Å². The van der Waals surface area contributed by atoms with Gasteiger partial charge in [-0.3, -0.25) is 4.79 Å². The first-order valence-electron chi connectivity index (χ1n) is 10.0. The topological polar surface area (TPSA) is 50.2 Å². The Kier molecular flexibility index (Phi) is 5.04. The van der Waals surface area contributed by atoms with E-state index in [9.17, 15) is 18.0 Å². The summed E-state index contributed by atoms with van der Waals surface area (Å²) in [6.45, 7) is 4.66. The highest BCUT2D eigenvalue weighted by molar-refractivity contribution is 5.93. The quantitative estimate of drug-likeness (QED) is 0.779. The van der Waals surface area contributed by atoms with Crippen molar-refractivity contribution in [1.82, 2.24) is 14.7 Å². The van der Waals surface area contributed by atoms with Crippen molar-refractivity contribution in [3.63, 3.8) is 0 Å². The average Bonchev–Trinajstić information content (AvgIpc) is 3.12. The first kappa shape index (κ1) is 19.8. The van der Waals surface area contributed by atoms with Gasteiger partial charge in [-0.25, -0.2) is 4.68 Å². The summed E-state index contributed by atoms with van der Waals surface area (Å²) in [5.74, 6) is 0.300. The zero-order chi connectivity index (χ0) is 20.8. The van der Waals surface area contributed by atoms with E-state index in [1.54, 1.807) is 29.2 Å². The molecule has 156 valence electrons. The van der Waals surface area contributed by atoms with E-state index in [4.69, 9.17) is 0 Å². The van der Waals surface area contributed by atoms with Gasteiger partial charge in [0.25, 0.3) is 5.91 Å². The third-order valence-corrected chi connectivity index (χ3v) is 5.99. The van der Waals surface area contributed by atoms with Crippen molar-refractivity contribution >= 4 is 11.7 Å². The molecule has 1 N–H and O–H groups in total. The number of hydrogen-bond donors (Lipinski definition) is 1. The second-order valence-electron chi connectivity index (χ2n) is 8.25.